The molecular formula is C17H13O8-. The molecule has 0 spiro atoms. The third-order valence-electron chi connectivity index (χ3n) is 3.64. The molecule has 0 aliphatic heterocycles. The molecule has 0 unspecified atom stereocenters. The first-order chi connectivity index (χ1) is 11.9. The maximum absolute atomic E-state index is 12.6. The highest BCUT2D eigenvalue weighted by Gasteiger charge is 2.21. The molecule has 130 valence electrons. The average molecular weight is 345 g/mol. The van der Waals surface area contributed by atoms with Crippen LogP contribution in [0, 0.1) is 0 Å². The van der Waals surface area contributed by atoms with Crippen molar-refractivity contribution in [1.29, 1.82) is 0 Å². The van der Waals surface area contributed by atoms with Gasteiger partial charge < -0.3 is 34.3 Å². The highest BCUT2D eigenvalue weighted by molar-refractivity contribution is 5.88. The second-order valence-electron chi connectivity index (χ2n) is 5.16. The summed E-state index contributed by atoms with van der Waals surface area (Å²) >= 11 is 0. The first kappa shape index (κ1) is 16.3. The second kappa shape index (κ2) is 5.82. The molecule has 0 fully saturated rings. The van der Waals surface area contributed by atoms with E-state index in [2.05, 4.69) is 0 Å². The van der Waals surface area contributed by atoms with Gasteiger partial charge in [0, 0.05) is 17.7 Å². The molecule has 0 bridgehead atoms. The van der Waals surface area contributed by atoms with E-state index in [-0.39, 0.29) is 39.5 Å². The lowest BCUT2D eigenvalue weighted by atomic mass is 10.1. The van der Waals surface area contributed by atoms with Crippen LogP contribution in [-0.4, -0.2) is 29.5 Å². The van der Waals surface area contributed by atoms with Gasteiger partial charge in [0.1, 0.15) is 34.0 Å². The van der Waals surface area contributed by atoms with Gasteiger partial charge in [-0.25, -0.2) is 0 Å². The molecule has 8 heteroatoms. The van der Waals surface area contributed by atoms with Crippen LogP contribution in [0.2, 0.25) is 0 Å². The Labute approximate surface area is 140 Å². The van der Waals surface area contributed by atoms with Crippen molar-refractivity contribution in [3.63, 3.8) is 0 Å². The maximum Gasteiger partial charge on any atom is 0.239 e. The summed E-state index contributed by atoms with van der Waals surface area (Å²) in [6, 6.07) is 4.52. The number of benzene rings is 2. The van der Waals surface area contributed by atoms with E-state index in [9.17, 15) is 25.2 Å². The Kier molecular flexibility index (Phi) is 3.80. The number of phenols is 3. The van der Waals surface area contributed by atoms with E-state index in [0.717, 1.165) is 18.2 Å². The van der Waals surface area contributed by atoms with Gasteiger partial charge in [0.25, 0.3) is 0 Å². The Bertz CT molecular complexity index is 1040. The van der Waals surface area contributed by atoms with Gasteiger partial charge in [0.2, 0.25) is 11.2 Å². The lowest BCUT2D eigenvalue weighted by molar-refractivity contribution is -0.271. The molecule has 0 aliphatic rings. The van der Waals surface area contributed by atoms with E-state index in [1.165, 1.54) is 20.3 Å². The zero-order chi connectivity index (χ0) is 18.3. The summed E-state index contributed by atoms with van der Waals surface area (Å²) in [5.41, 5.74) is -0.628. The van der Waals surface area contributed by atoms with Crippen molar-refractivity contribution in [3.05, 3.63) is 34.5 Å². The molecule has 0 saturated carbocycles. The smallest absolute Gasteiger partial charge is 0.239 e. The van der Waals surface area contributed by atoms with Gasteiger partial charge in [0.15, 0.2) is 5.76 Å². The molecule has 1 aromatic heterocycles. The van der Waals surface area contributed by atoms with E-state index in [0.29, 0.717) is 0 Å². The van der Waals surface area contributed by atoms with Crippen LogP contribution in [0.5, 0.6) is 34.5 Å². The Morgan fingerprint density at radius 3 is 2.36 bits per heavy atom. The Morgan fingerprint density at radius 1 is 1.00 bits per heavy atom. The van der Waals surface area contributed by atoms with Gasteiger partial charge >= 0.3 is 0 Å². The molecule has 25 heavy (non-hydrogen) atoms. The van der Waals surface area contributed by atoms with Crippen molar-refractivity contribution in [3.8, 4) is 45.8 Å². The SMILES string of the molecule is COc1cc(-c2oc3cc(O)cc(O)c3c(=O)c2OC)cc(O)c1[O-]. The summed E-state index contributed by atoms with van der Waals surface area (Å²) in [4.78, 5) is 12.6. The highest BCUT2D eigenvalue weighted by atomic mass is 16.5. The molecule has 3 aromatic rings. The van der Waals surface area contributed by atoms with Crippen LogP contribution < -0.4 is 20.0 Å². The molecule has 3 N–H and O–H groups in total. The van der Waals surface area contributed by atoms with Crippen molar-refractivity contribution in [1.82, 2.24) is 0 Å². The number of hydrogen-bond acceptors (Lipinski definition) is 8. The van der Waals surface area contributed by atoms with Crippen LogP contribution in [0.1, 0.15) is 0 Å². The van der Waals surface area contributed by atoms with Gasteiger partial charge in [-0.05, 0) is 17.9 Å². The second-order valence-corrected chi connectivity index (χ2v) is 5.16. The van der Waals surface area contributed by atoms with Crippen LogP contribution in [0.3, 0.4) is 0 Å². The van der Waals surface area contributed by atoms with Crippen LogP contribution in [0.25, 0.3) is 22.3 Å². The zero-order valence-corrected chi connectivity index (χ0v) is 13.2. The molecule has 0 radical (unpaired) electrons. The lowest BCUT2D eigenvalue weighted by Crippen LogP contribution is -2.08. The summed E-state index contributed by atoms with van der Waals surface area (Å²) in [6.45, 7) is 0. The van der Waals surface area contributed by atoms with Crippen LogP contribution >= 0.6 is 0 Å². The van der Waals surface area contributed by atoms with E-state index < -0.39 is 22.7 Å². The number of aromatic hydroxyl groups is 3. The molecule has 0 saturated heterocycles. The number of fused-ring (bicyclic) bond motifs is 1. The number of ether oxygens (including phenoxy) is 2. The quantitative estimate of drug-likeness (QED) is 0.653. The largest absolute Gasteiger partial charge is 0.867 e. The van der Waals surface area contributed by atoms with E-state index in [4.69, 9.17) is 13.9 Å². The van der Waals surface area contributed by atoms with Gasteiger partial charge in [-0.3, -0.25) is 4.79 Å². The van der Waals surface area contributed by atoms with Gasteiger partial charge in [0.05, 0.1) is 14.2 Å². The van der Waals surface area contributed by atoms with Crippen molar-refractivity contribution in [2.45, 2.75) is 0 Å². The first-order valence-corrected chi connectivity index (χ1v) is 7.02. The minimum absolute atomic E-state index is 0.0945. The minimum Gasteiger partial charge on any atom is -0.867 e. The highest BCUT2D eigenvalue weighted by Crippen LogP contribution is 2.41. The van der Waals surface area contributed by atoms with Crippen LogP contribution in [0.4, 0.5) is 0 Å². The summed E-state index contributed by atoms with van der Waals surface area (Å²) in [5, 5.41) is 40.8. The van der Waals surface area contributed by atoms with E-state index in [1.54, 1.807) is 0 Å². The van der Waals surface area contributed by atoms with E-state index >= 15 is 0 Å². The average Bonchev–Trinajstić information content (AvgIpc) is 2.56. The Morgan fingerprint density at radius 2 is 1.72 bits per heavy atom. The molecular weight excluding hydrogens is 332 g/mol. The topological polar surface area (TPSA) is 132 Å². The maximum atomic E-state index is 12.6. The van der Waals surface area contributed by atoms with Crippen molar-refractivity contribution >= 4 is 11.0 Å². The summed E-state index contributed by atoms with van der Waals surface area (Å²) in [6.07, 6.45) is 0. The number of rotatable bonds is 3. The predicted molar refractivity (Wildman–Crippen MR) is 85.5 cm³/mol. The molecule has 0 amide bonds. The molecule has 2 aromatic carbocycles. The summed E-state index contributed by atoms with van der Waals surface area (Å²) in [7, 11) is 2.49. The van der Waals surface area contributed by atoms with Crippen LogP contribution in [-0.2, 0) is 0 Å². The van der Waals surface area contributed by atoms with Gasteiger partial charge in [-0.1, -0.05) is 0 Å². The number of hydrogen-bond donors (Lipinski definition) is 3. The summed E-state index contributed by atoms with van der Waals surface area (Å²) in [5.74, 6) is -2.59. The first-order valence-electron chi connectivity index (χ1n) is 7.02. The fourth-order valence-electron chi connectivity index (χ4n) is 2.51. The standard InChI is InChI=1S/C17H14O8/c1-23-12-4-7(3-10(20)14(12)21)16-17(24-2)15(22)13-9(19)5-8(18)6-11(13)25-16/h3-6,18-21H,1-2H3/p-1. The van der Waals surface area contributed by atoms with Crippen molar-refractivity contribution in [2.24, 2.45) is 0 Å². The minimum atomic E-state index is -0.719. The molecule has 8 nitrogen and oxygen atoms in total. The normalized spacial score (nSPS) is 10.8. The van der Waals surface area contributed by atoms with Gasteiger partial charge in [-0.15, -0.1) is 0 Å². The third-order valence-corrected chi connectivity index (χ3v) is 3.64. The number of methoxy groups -OCH3 is 2. The van der Waals surface area contributed by atoms with Crippen molar-refractivity contribution in [2.75, 3.05) is 14.2 Å². The fraction of sp³-hybridized carbons (Fsp3) is 0.118. The van der Waals surface area contributed by atoms with Crippen LogP contribution in [0.15, 0.2) is 33.5 Å². The Hall–Kier alpha value is -3.55. The Balaban J connectivity index is 2.41. The summed E-state index contributed by atoms with van der Waals surface area (Å²) < 4.78 is 15.6. The predicted octanol–water partition coefficient (Wildman–Crippen LogP) is 1.67. The molecule has 0 aliphatic carbocycles. The van der Waals surface area contributed by atoms with Crippen molar-refractivity contribution < 1.29 is 34.3 Å². The third kappa shape index (κ3) is 2.53. The van der Waals surface area contributed by atoms with Gasteiger partial charge in [-0.2, -0.15) is 0 Å². The molecule has 3 rings (SSSR count). The fourth-order valence-corrected chi connectivity index (χ4v) is 2.51. The zero-order valence-electron chi connectivity index (χ0n) is 13.2. The molecule has 1 heterocycles. The lowest BCUT2D eigenvalue weighted by Gasteiger charge is -2.16. The van der Waals surface area contributed by atoms with E-state index in [1.807, 2.05) is 0 Å². The number of phenolic OH excluding ortho intramolecular Hbond substituents is 3. The molecule has 0 atom stereocenters. The monoisotopic (exact) mass is 345 g/mol.